The average molecular weight is 264 g/mol. The maximum atomic E-state index is 12.3. The van der Waals surface area contributed by atoms with Crippen molar-refractivity contribution in [2.45, 2.75) is 12.6 Å². The molecule has 0 saturated heterocycles. The number of hydrogen-bond donors (Lipinski definition) is 2. The lowest BCUT2D eigenvalue weighted by Crippen LogP contribution is -2.27. The molecule has 2 N–H and O–H groups in total. The van der Waals surface area contributed by atoms with Crippen molar-refractivity contribution in [2.24, 2.45) is 0 Å². The molecule has 8 heteroatoms. The van der Waals surface area contributed by atoms with Gasteiger partial charge in [-0.1, -0.05) is 0 Å². The predicted molar refractivity (Wildman–Crippen MR) is 59.1 cm³/mol. The minimum Gasteiger partial charge on any atom is -0.351 e. The Morgan fingerprint density at radius 3 is 2.67 bits per heavy atom. The van der Waals surface area contributed by atoms with E-state index in [9.17, 15) is 18.0 Å². The van der Waals surface area contributed by atoms with E-state index >= 15 is 0 Å². The highest BCUT2D eigenvalue weighted by Gasteiger charge is 2.33. The molecule has 102 valence electrons. The first-order valence-corrected chi connectivity index (χ1v) is 5.36. The van der Waals surface area contributed by atoms with Gasteiger partial charge in [-0.3, -0.25) is 9.89 Å². The van der Waals surface area contributed by atoms with E-state index in [1.54, 1.807) is 5.10 Å². The van der Waals surface area contributed by atoms with Crippen molar-refractivity contribution in [1.82, 2.24) is 20.4 Å². The minimum atomic E-state index is -4.52. The van der Waals surface area contributed by atoms with Gasteiger partial charge in [0, 0.05) is 12.6 Å². The van der Waals surface area contributed by atoms with Crippen molar-refractivity contribution in [3.8, 4) is 0 Å². The summed E-state index contributed by atoms with van der Waals surface area (Å²) in [6.45, 7) is 1.18. The second-order valence-electron chi connectivity index (χ2n) is 4.08. The van der Waals surface area contributed by atoms with Crippen LogP contribution in [0.2, 0.25) is 0 Å². The molecule has 0 bridgehead atoms. The number of aromatic nitrogens is 2. The third-order valence-electron chi connectivity index (χ3n) is 2.18. The highest BCUT2D eigenvalue weighted by molar-refractivity contribution is 5.92. The molecule has 0 spiro atoms. The number of alkyl halides is 3. The summed E-state index contributed by atoms with van der Waals surface area (Å²) < 4.78 is 36.8. The van der Waals surface area contributed by atoms with Crippen LogP contribution in [0.4, 0.5) is 13.2 Å². The first kappa shape index (κ1) is 14.5. The highest BCUT2D eigenvalue weighted by atomic mass is 19.4. The van der Waals surface area contributed by atoms with Gasteiger partial charge in [-0.05, 0) is 27.1 Å². The molecule has 1 rings (SSSR count). The summed E-state index contributed by atoms with van der Waals surface area (Å²) in [6, 6.07) is 0.696. The molecule has 0 saturated carbocycles. The van der Waals surface area contributed by atoms with Crippen LogP contribution in [0.3, 0.4) is 0 Å². The van der Waals surface area contributed by atoms with Gasteiger partial charge in [0.1, 0.15) is 5.69 Å². The minimum absolute atomic E-state index is 0.257. The number of rotatable bonds is 5. The Hall–Kier alpha value is -1.57. The molecule has 0 unspecified atom stereocenters. The van der Waals surface area contributed by atoms with E-state index in [1.165, 1.54) is 0 Å². The maximum Gasteiger partial charge on any atom is 0.432 e. The third-order valence-corrected chi connectivity index (χ3v) is 2.18. The first-order valence-electron chi connectivity index (χ1n) is 5.36. The molecule has 1 heterocycles. The fourth-order valence-corrected chi connectivity index (χ4v) is 1.27. The van der Waals surface area contributed by atoms with Crippen molar-refractivity contribution in [3.05, 3.63) is 17.5 Å². The summed E-state index contributed by atoms with van der Waals surface area (Å²) in [7, 11) is 3.79. The predicted octanol–water partition coefficient (Wildman–Crippen LogP) is 1.11. The van der Waals surface area contributed by atoms with Crippen LogP contribution in [0.5, 0.6) is 0 Å². The van der Waals surface area contributed by atoms with E-state index < -0.39 is 17.8 Å². The van der Waals surface area contributed by atoms with E-state index in [1.807, 2.05) is 19.0 Å². The fourth-order valence-electron chi connectivity index (χ4n) is 1.27. The summed E-state index contributed by atoms with van der Waals surface area (Å²) >= 11 is 0. The lowest BCUT2D eigenvalue weighted by molar-refractivity contribution is -0.141. The molecule has 0 aliphatic carbocycles. The largest absolute Gasteiger partial charge is 0.432 e. The molecule has 5 nitrogen and oxygen atoms in total. The van der Waals surface area contributed by atoms with Crippen LogP contribution >= 0.6 is 0 Å². The van der Waals surface area contributed by atoms with Gasteiger partial charge >= 0.3 is 6.18 Å². The van der Waals surface area contributed by atoms with E-state index in [0.717, 1.165) is 13.0 Å². The summed E-state index contributed by atoms with van der Waals surface area (Å²) in [5.74, 6) is -0.611. The number of carbonyl (C=O) groups excluding carboxylic acids is 1. The number of halogens is 3. The van der Waals surface area contributed by atoms with Crippen LogP contribution in [-0.2, 0) is 6.18 Å². The monoisotopic (exact) mass is 264 g/mol. The van der Waals surface area contributed by atoms with Gasteiger partial charge in [-0.2, -0.15) is 18.3 Å². The Morgan fingerprint density at radius 2 is 2.17 bits per heavy atom. The quantitative estimate of drug-likeness (QED) is 0.783. The Labute approximate surface area is 102 Å². The Balaban J connectivity index is 2.45. The van der Waals surface area contributed by atoms with Crippen molar-refractivity contribution in [3.63, 3.8) is 0 Å². The van der Waals surface area contributed by atoms with Gasteiger partial charge in [0.2, 0.25) is 0 Å². The molecule has 18 heavy (non-hydrogen) atoms. The molecule has 0 atom stereocenters. The standard InChI is InChI=1S/C10H15F3N4O/c1-17(2)5-3-4-14-9(18)7-6-8(16-15-7)10(11,12)13/h6H,3-5H2,1-2H3,(H,14,18)(H,15,16). The molecule has 0 radical (unpaired) electrons. The highest BCUT2D eigenvalue weighted by Crippen LogP contribution is 2.27. The van der Waals surface area contributed by atoms with Gasteiger partial charge in [0.05, 0.1) is 0 Å². The second kappa shape index (κ2) is 5.85. The molecular weight excluding hydrogens is 249 g/mol. The van der Waals surface area contributed by atoms with Crippen molar-refractivity contribution >= 4 is 5.91 Å². The molecular formula is C10H15F3N4O. The molecule has 0 aromatic carbocycles. The topological polar surface area (TPSA) is 61.0 Å². The summed E-state index contributed by atoms with van der Waals surface area (Å²) in [6.07, 6.45) is -3.80. The van der Waals surface area contributed by atoms with E-state index in [2.05, 4.69) is 10.4 Å². The number of hydrogen-bond acceptors (Lipinski definition) is 3. The van der Waals surface area contributed by atoms with Gasteiger partial charge in [0.25, 0.3) is 5.91 Å². The molecule has 0 fully saturated rings. The number of carbonyl (C=O) groups is 1. The average Bonchev–Trinajstić information content (AvgIpc) is 2.72. The van der Waals surface area contributed by atoms with Crippen molar-refractivity contribution < 1.29 is 18.0 Å². The summed E-state index contributed by atoms with van der Waals surface area (Å²) in [5, 5.41) is 7.62. The maximum absolute atomic E-state index is 12.3. The number of aromatic amines is 1. The van der Waals surface area contributed by atoms with Crippen LogP contribution in [-0.4, -0.2) is 48.2 Å². The lowest BCUT2D eigenvalue weighted by Gasteiger charge is -2.09. The van der Waals surface area contributed by atoms with Crippen LogP contribution in [0.25, 0.3) is 0 Å². The summed E-state index contributed by atoms with van der Waals surface area (Å²) in [4.78, 5) is 13.4. The smallest absolute Gasteiger partial charge is 0.351 e. The zero-order valence-electron chi connectivity index (χ0n) is 10.1. The number of H-pyrrole nitrogens is 1. The van der Waals surface area contributed by atoms with Crippen LogP contribution in [0, 0.1) is 0 Å². The van der Waals surface area contributed by atoms with Gasteiger partial charge in [0.15, 0.2) is 5.69 Å². The van der Waals surface area contributed by atoms with Crippen molar-refractivity contribution in [2.75, 3.05) is 27.2 Å². The van der Waals surface area contributed by atoms with Gasteiger partial charge in [-0.25, -0.2) is 0 Å². The number of nitrogens with one attached hydrogen (secondary N) is 2. The summed E-state index contributed by atoms with van der Waals surface area (Å²) in [5.41, 5.74) is -1.28. The van der Waals surface area contributed by atoms with E-state index in [4.69, 9.17) is 0 Å². The molecule has 0 aliphatic rings. The van der Waals surface area contributed by atoms with Crippen LogP contribution in [0.15, 0.2) is 6.07 Å². The van der Waals surface area contributed by atoms with Crippen LogP contribution < -0.4 is 5.32 Å². The Morgan fingerprint density at radius 1 is 1.50 bits per heavy atom. The van der Waals surface area contributed by atoms with Gasteiger partial charge in [-0.15, -0.1) is 0 Å². The van der Waals surface area contributed by atoms with Crippen LogP contribution in [0.1, 0.15) is 22.6 Å². The molecule has 1 aromatic rings. The SMILES string of the molecule is CN(C)CCCNC(=O)c1cc(C(F)(F)F)[nH]n1. The second-order valence-corrected chi connectivity index (χ2v) is 4.08. The Bertz CT molecular complexity index is 400. The fraction of sp³-hybridized carbons (Fsp3) is 0.600. The Kier molecular flexibility index (Phi) is 4.71. The lowest BCUT2D eigenvalue weighted by atomic mass is 10.3. The zero-order valence-corrected chi connectivity index (χ0v) is 10.1. The molecule has 1 amide bonds. The number of nitrogens with zero attached hydrogens (tertiary/aromatic N) is 2. The number of amides is 1. The first-order chi connectivity index (χ1) is 8.30. The normalized spacial score (nSPS) is 11.9. The third kappa shape index (κ3) is 4.36. The van der Waals surface area contributed by atoms with Gasteiger partial charge < -0.3 is 10.2 Å². The molecule has 0 aliphatic heterocycles. The van der Waals surface area contributed by atoms with E-state index in [0.29, 0.717) is 12.6 Å². The van der Waals surface area contributed by atoms with E-state index in [-0.39, 0.29) is 5.69 Å². The zero-order chi connectivity index (χ0) is 13.8. The molecule has 1 aromatic heterocycles. The van der Waals surface area contributed by atoms with Crippen molar-refractivity contribution in [1.29, 1.82) is 0 Å².